The van der Waals surface area contributed by atoms with Crippen LogP contribution in [0.4, 0.5) is 4.39 Å². The highest BCUT2D eigenvalue weighted by Gasteiger charge is 2.29. The number of benzene rings is 3. The average molecular weight is 568 g/mol. The van der Waals surface area contributed by atoms with Crippen LogP contribution in [0, 0.1) is 5.82 Å². The molecule has 3 aromatic carbocycles. The van der Waals surface area contributed by atoms with Crippen molar-refractivity contribution < 1.29 is 23.8 Å². The van der Waals surface area contributed by atoms with E-state index in [-0.39, 0.29) is 18.6 Å². The number of nitrogens with one attached hydrogen (secondary N) is 2. The highest BCUT2D eigenvalue weighted by Crippen LogP contribution is 2.43. The summed E-state index contributed by atoms with van der Waals surface area (Å²) in [6.45, 7) is 4.22. The summed E-state index contributed by atoms with van der Waals surface area (Å²) in [5.74, 6) is 0.480. The summed E-state index contributed by atoms with van der Waals surface area (Å²) in [6.07, 6.45) is 2.96. The largest absolute Gasteiger partial charge is 0.493 e. The topological polar surface area (TPSA) is 88.5 Å². The number of hydrogen-bond acceptors (Lipinski definition) is 4. The third-order valence-corrected chi connectivity index (χ3v) is 7.80. The van der Waals surface area contributed by atoms with E-state index in [1.807, 2.05) is 67.1 Å². The molecule has 2 aromatic heterocycles. The molecule has 1 unspecified atom stereocenters. The van der Waals surface area contributed by atoms with E-state index in [0.29, 0.717) is 47.7 Å². The molecule has 216 valence electrons. The number of fused-ring (bicyclic) bond motifs is 4. The van der Waals surface area contributed by atoms with Gasteiger partial charge in [-0.3, -0.25) is 4.79 Å². The number of aromatic amines is 1. The van der Waals surface area contributed by atoms with Crippen LogP contribution < -0.4 is 14.8 Å². The number of carbonyl (C=O) groups is 1. The quantitative estimate of drug-likeness (QED) is 0.200. The molecule has 1 aliphatic heterocycles. The number of ether oxygens (including phenoxy) is 2. The zero-order valence-electron chi connectivity index (χ0n) is 23.9. The standard InChI is InChI=1S/C34H34FN3O4/c1-20(2)42-32-17-26-21(15-31(32)41-3)12-13-38-30(26)16-27(33(38)25-9-4-6-10-28(25)35)34(40)37-23(19-39)14-22-18-36-29-11-7-5-8-24(22)29/h4-11,15-18,20,23,36,39H,12-14,19H2,1-3H3,(H,37,40). The fraction of sp³-hybridized carbons (Fsp3) is 0.265. The lowest BCUT2D eigenvalue weighted by molar-refractivity contribution is 0.0917. The molecule has 0 saturated heterocycles. The van der Waals surface area contributed by atoms with Crippen molar-refractivity contribution in [3.63, 3.8) is 0 Å². The fourth-order valence-electron chi connectivity index (χ4n) is 5.90. The molecule has 0 spiro atoms. The Bertz CT molecular complexity index is 1770. The van der Waals surface area contributed by atoms with Gasteiger partial charge in [0.15, 0.2) is 11.5 Å². The fourth-order valence-corrected chi connectivity index (χ4v) is 5.90. The molecule has 0 saturated carbocycles. The van der Waals surface area contributed by atoms with Gasteiger partial charge in [0, 0.05) is 40.5 Å². The molecule has 0 aliphatic carbocycles. The predicted octanol–water partition coefficient (Wildman–Crippen LogP) is 6.13. The van der Waals surface area contributed by atoms with E-state index in [1.165, 1.54) is 6.07 Å². The lowest BCUT2D eigenvalue weighted by Gasteiger charge is -2.24. The summed E-state index contributed by atoms with van der Waals surface area (Å²) in [5.41, 5.74) is 5.97. The number of carbonyl (C=O) groups excluding carboxylic acids is 1. The Morgan fingerprint density at radius 3 is 2.62 bits per heavy atom. The second kappa shape index (κ2) is 11.4. The number of aryl methyl sites for hydroxylation is 1. The lowest BCUT2D eigenvalue weighted by Crippen LogP contribution is -2.39. The van der Waals surface area contributed by atoms with Gasteiger partial charge >= 0.3 is 0 Å². The Morgan fingerprint density at radius 1 is 1.07 bits per heavy atom. The molecular formula is C34H34FN3O4. The summed E-state index contributed by atoms with van der Waals surface area (Å²) in [7, 11) is 1.62. The number of methoxy groups -OCH3 is 1. The van der Waals surface area contributed by atoms with Crippen molar-refractivity contribution in [2.75, 3.05) is 13.7 Å². The first kappa shape index (κ1) is 27.6. The number of halogens is 1. The zero-order chi connectivity index (χ0) is 29.4. The Balaban J connectivity index is 1.42. The molecule has 0 fully saturated rings. The molecule has 3 N–H and O–H groups in total. The molecule has 1 amide bonds. The first-order valence-corrected chi connectivity index (χ1v) is 14.2. The van der Waals surface area contributed by atoms with Gasteiger partial charge in [0.1, 0.15) is 5.82 Å². The molecule has 3 heterocycles. The number of aliphatic hydroxyl groups is 1. The van der Waals surface area contributed by atoms with E-state index in [9.17, 15) is 9.90 Å². The summed E-state index contributed by atoms with van der Waals surface area (Å²) >= 11 is 0. The van der Waals surface area contributed by atoms with E-state index < -0.39 is 11.9 Å². The lowest BCUT2D eigenvalue weighted by atomic mass is 9.97. The summed E-state index contributed by atoms with van der Waals surface area (Å²) < 4.78 is 28.9. The number of aromatic nitrogens is 2. The maximum atomic E-state index is 15.3. The van der Waals surface area contributed by atoms with Crippen molar-refractivity contribution >= 4 is 16.8 Å². The van der Waals surface area contributed by atoms with Gasteiger partial charge in [0.05, 0.1) is 37.1 Å². The first-order chi connectivity index (χ1) is 20.4. The number of nitrogens with zero attached hydrogens (tertiary/aromatic N) is 1. The van der Waals surface area contributed by atoms with Crippen molar-refractivity contribution in [1.29, 1.82) is 0 Å². The van der Waals surface area contributed by atoms with Crippen LogP contribution in [-0.2, 0) is 19.4 Å². The van der Waals surface area contributed by atoms with Crippen LogP contribution in [0.1, 0.15) is 35.3 Å². The molecule has 1 aliphatic rings. The van der Waals surface area contributed by atoms with Gasteiger partial charge in [0.25, 0.3) is 5.91 Å². The van der Waals surface area contributed by atoms with Gasteiger partial charge < -0.3 is 29.4 Å². The molecule has 1 atom stereocenters. The number of H-pyrrole nitrogens is 1. The summed E-state index contributed by atoms with van der Waals surface area (Å²) in [6, 6.07) is 19.6. The molecule has 7 nitrogen and oxygen atoms in total. The third kappa shape index (κ3) is 5.03. The molecule has 5 aromatic rings. The van der Waals surface area contributed by atoms with Crippen LogP contribution in [-0.4, -0.2) is 46.4 Å². The number of amides is 1. The molecule has 6 rings (SSSR count). The van der Waals surface area contributed by atoms with Gasteiger partial charge in [-0.25, -0.2) is 4.39 Å². The van der Waals surface area contributed by atoms with Crippen LogP contribution in [0.3, 0.4) is 0 Å². The molecular weight excluding hydrogens is 533 g/mol. The van der Waals surface area contributed by atoms with Crippen LogP contribution in [0.5, 0.6) is 11.5 Å². The average Bonchev–Trinajstić information content (AvgIpc) is 3.58. The smallest absolute Gasteiger partial charge is 0.253 e. The molecule has 8 heteroatoms. The third-order valence-electron chi connectivity index (χ3n) is 7.80. The predicted molar refractivity (Wildman–Crippen MR) is 162 cm³/mol. The number of hydrogen-bond donors (Lipinski definition) is 3. The van der Waals surface area contributed by atoms with Crippen molar-refractivity contribution in [2.24, 2.45) is 0 Å². The molecule has 42 heavy (non-hydrogen) atoms. The first-order valence-electron chi connectivity index (χ1n) is 14.2. The number of para-hydroxylation sites is 1. The summed E-state index contributed by atoms with van der Waals surface area (Å²) in [4.78, 5) is 17.2. The van der Waals surface area contributed by atoms with Gasteiger partial charge in [-0.2, -0.15) is 0 Å². The van der Waals surface area contributed by atoms with Crippen molar-refractivity contribution in [3.8, 4) is 34.0 Å². The van der Waals surface area contributed by atoms with Crippen LogP contribution >= 0.6 is 0 Å². The van der Waals surface area contributed by atoms with Gasteiger partial charge in [0.2, 0.25) is 0 Å². The second-order valence-corrected chi connectivity index (χ2v) is 10.9. The van der Waals surface area contributed by atoms with Gasteiger partial charge in [-0.15, -0.1) is 0 Å². The minimum absolute atomic E-state index is 0.0600. The maximum Gasteiger partial charge on any atom is 0.253 e. The Kier molecular flexibility index (Phi) is 7.47. The van der Waals surface area contributed by atoms with E-state index in [2.05, 4.69) is 10.3 Å². The monoisotopic (exact) mass is 567 g/mol. The van der Waals surface area contributed by atoms with E-state index in [1.54, 1.807) is 25.3 Å². The highest BCUT2D eigenvalue weighted by molar-refractivity contribution is 6.02. The zero-order valence-corrected chi connectivity index (χ0v) is 23.9. The van der Waals surface area contributed by atoms with Crippen molar-refractivity contribution in [2.45, 2.75) is 45.4 Å². The maximum absolute atomic E-state index is 15.3. The van der Waals surface area contributed by atoms with Crippen molar-refractivity contribution in [3.05, 3.63) is 95.4 Å². The van der Waals surface area contributed by atoms with Crippen LogP contribution in [0.2, 0.25) is 0 Å². The SMILES string of the molecule is COc1cc2c(cc1OC(C)C)-c1cc(C(=O)NC(CO)Cc3c[nH]c4ccccc34)c(-c3ccccc3F)n1CC2. The van der Waals surface area contributed by atoms with Crippen LogP contribution in [0.25, 0.3) is 33.4 Å². The Labute approximate surface area is 243 Å². The van der Waals surface area contributed by atoms with E-state index in [4.69, 9.17) is 9.47 Å². The molecule has 0 radical (unpaired) electrons. The number of aliphatic hydroxyl groups excluding tert-OH is 1. The molecule has 0 bridgehead atoms. The summed E-state index contributed by atoms with van der Waals surface area (Å²) in [5, 5.41) is 14.3. The Morgan fingerprint density at radius 2 is 1.86 bits per heavy atom. The van der Waals surface area contributed by atoms with Gasteiger partial charge in [-0.1, -0.05) is 30.3 Å². The van der Waals surface area contributed by atoms with Crippen molar-refractivity contribution in [1.82, 2.24) is 14.9 Å². The van der Waals surface area contributed by atoms with E-state index in [0.717, 1.165) is 33.3 Å². The normalized spacial score (nSPS) is 13.1. The van der Waals surface area contributed by atoms with E-state index >= 15 is 4.39 Å². The minimum atomic E-state index is -0.537. The minimum Gasteiger partial charge on any atom is -0.493 e. The second-order valence-electron chi connectivity index (χ2n) is 10.9. The van der Waals surface area contributed by atoms with Gasteiger partial charge in [-0.05, 0) is 74.2 Å². The highest BCUT2D eigenvalue weighted by atomic mass is 19.1. The van der Waals surface area contributed by atoms with Crippen LogP contribution in [0.15, 0.2) is 72.9 Å². The number of rotatable bonds is 9. The Hall–Kier alpha value is -4.56.